The average Bonchev–Trinajstić information content (AvgIpc) is 2.29. The summed E-state index contributed by atoms with van der Waals surface area (Å²) in [6.07, 6.45) is 0. The third-order valence-electron chi connectivity index (χ3n) is 2.14. The van der Waals surface area contributed by atoms with Crippen LogP contribution in [0.3, 0.4) is 0 Å². The number of carbonyl (C=O) groups is 2. The number of amides is 1. The number of rotatable bonds is 8. The molecule has 0 saturated carbocycles. The maximum absolute atomic E-state index is 11.6. The SMILES string of the molecule is CCOC(=O)C(C)NC(C)C(=O)NCCOC. The smallest absolute Gasteiger partial charge is 0.322 e. The molecule has 0 aliphatic rings. The van der Waals surface area contributed by atoms with Crippen LogP contribution in [0.1, 0.15) is 20.8 Å². The molecule has 17 heavy (non-hydrogen) atoms. The minimum absolute atomic E-state index is 0.168. The second-order valence-corrected chi connectivity index (χ2v) is 3.65. The molecule has 0 spiro atoms. The van der Waals surface area contributed by atoms with Gasteiger partial charge in [0, 0.05) is 13.7 Å². The van der Waals surface area contributed by atoms with Gasteiger partial charge < -0.3 is 14.8 Å². The van der Waals surface area contributed by atoms with Crippen LogP contribution < -0.4 is 10.6 Å². The van der Waals surface area contributed by atoms with Gasteiger partial charge in [-0.15, -0.1) is 0 Å². The number of methoxy groups -OCH3 is 1. The summed E-state index contributed by atoms with van der Waals surface area (Å²) in [5.74, 6) is -0.526. The van der Waals surface area contributed by atoms with Crippen molar-refractivity contribution in [2.75, 3.05) is 26.9 Å². The van der Waals surface area contributed by atoms with Gasteiger partial charge in [0.2, 0.25) is 5.91 Å². The molecule has 0 aliphatic carbocycles. The zero-order valence-corrected chi connectivity index (χ0v) is 10.9. The Morgan fingerprint density at radius 3 is 2.41 bits per heavy atom. The van der Waals surface area contributed by atoms with E-state index >= 15 is 0 Å². The Morgan fingerprint density at radius 2 is 1.88 bits per heavy atom. The normalized spacial score (nSPS) is 13.9. The highest BCUT2D eigenvalue weighted by atomic mass is 16.5. The van der Waals surface area contributed by atoms with E-state index in [2.05, 4.69) is 10.6 Å². The lowest BCUT2D eigenvalue weighted by atomic mass is 10.2. The Hall–Kier alpha value is -1.14. The second-order valence-electron chi connectivity index (χ2n) is 3.65. The molecule has 2 N–H and O–H groups in total. The maximum Gasteiger partial charge on any atom is 0.322 e. The quantitative estimate of drug-likeness (QED) is 0.453. The average molecular weight is 246 g/mol. The van der Waals surface area contributed by atoms with E-state index < -0.39 is 12.1 Å². The third-order valence-corrected chi connectivity index (χ3v) is 2.14. The molecule has 100 valence electrons. The largest absolute Gasteiger partial charge is 0.465 e. The first-order valence-corrected chi connectivity index (χ1v) is 5.72. The van der Waals surface area contributed by atoms with Gasteiger partial charge in [-0.3, -0.25) is 14.9 Å². The number of ether oxygens (including phenoxy) is 2. The van der Waals surface area contributed by atoms with Gasteiger partial charge in [0.25, 0.3) is 0 Å². The van der Waals surface area contributed by atoms with E-state index in [9.17, 15) is 9.59 Å². The Balaban J connectivity index is 3.93. The summed E-state index contributed by atoms with van der Waals surface area (Å²) < 4.78 is 9.64. The maximum atomic E-state index is 11.6. The van der Waals surface area contributed by atoms with Crippen LogP contribution in [0.5, 0.6) is 0 Å². The van der Waals surface area contributed by atoms with Gasteiger partial charge in [-0.2, -0.15) is 0 Å². The van der Waals surface area contributed by atoms with Crippen molar-refractivity contribution in [2.24, 2.45) is 0 Å². The molecule has 6 heteroatoms. The highest BCUT2D eigenvalue weighted by Crippen LogP contribution is 1.92. The molecule has 0 radical (unpaired) electrons. The van der Waals surface area contributed by atoms with E-state index in [4.69, 9.17) is 9.47 Å². The molecule has 1 amide bonds. The molecule has 0 bridgehead atoms. The van der Waals surface area contributed by atoms with Gasteiger partial charge in [0.1, 0.15) is 6.04 Å². The molecule has 0 rings (SSSR count). The molecular formula is C11H22N2O4. The van der Waals surface area contributed by atoms with Gasteiger partial charge in [-0.05, 0) is 20.8 Å². The van der Waals surface area contributed by atoms with Gasteiger partial charge in [-0.25, -0.2) is 0 Å². The lowest BCUT2D eigenvalue weighted by Gasteiger charge is -2.18. The zero-order valence-electron chi connectivity index (χ0n) is 10.9. The molecule has 0 aromatic rings. The van der Waals surface area contributed by atoms with E-state index in [1.165, 1.54) is 0 Å². The predicted molar refractivity (Wildman–Crippen MR) is 63.6 cm³/mol. The first-order chi connectivity index (χ1) is 8.02. The van der Waals surface area contributed by atoms with Crippen LogP contribution in [0.2, 0.25) is 0 Å². The van der Waals surface area contributed by atoms with Crippen LogP contribution in [0.25, 0.3) is 0 Å². The molecule has 0 aromatic heterocycles. The van der Waals surface area contributed by atoms with Crippen molar-refractivity contribution >= 4 is 11.9 Å². The van der Waals surface area contributed by atoms with Gasteiger partial charge >= 0.3 is 5.97 Å². The second kappa shape index (κ2) is 8.95. The molecule has 0 aromatic carbocycles. The van der Waals surface area contributed by atoms with E-state index in [0.29, 0.717) is 19.8 Å². The number of hydrogen-bond donors (Lipinski definition) is 2. The van der Waals surface area contributed by atoms with Gasteiger partial charge in [0.05, 0.1) is 19.3 Å². The third kappa shape index (κ3) is 6.91. The summed E-state index contributed by atoms with van der Waals surface area (Å²) in [7, 11) is 1.57. The van der Waals surface area contributed by atoms with E-state index in [1.807, 2.05) is 0 Å². The first-order valence-electron chi connectivity index (χ1n) is 5.72. The summed E-state index contributed by atoms with van der Waals surface area (Å²) in [5, 5.41) is 5.54. The van der Waals surface area contributed by atoms with Gasteiger partial charge in [-0.1, -0.05) is 0 Å². The fourth-order valence-electron chi connectivity index (χ4n) is 1.22. The molecule has 6 nitrogen and oxygen atoms in total. The molecule has 0 heterocycles. The number of hydrogen-bond acceptors (Lipinski definition) is 5. The fourth-order valence-corrected chi connectivity index (χ4v) is 1.22. The fraction of sp³-hybridized carbons (Fsp3) is 0.818. The Kier molecular flexibility index (Phi) is 8.35. The van der Waals surface area contributed by atoms with Crippen LogP contribution in [0.15, 0.2) is 0 Å². The molecular weight excluding hydrogens is 224 g/mol. The topological polar surface area (TPSA) is 76.7 Å². The van der Waals surface area contributed by atoms with Crippen LogP contribution in [-0.4, -0.2) is 50.8 Å². The van der Waals surface area contributed by atoms with Crippen molar-refractivity contribution in [1.29, 1.82) is 0 Å². The van der Waals surface area contributed by atoms with Crippen molar-refractivity contribution in [3.8, 4) is 0 Å². The Morgan fingerprint density at radius 1 is 1.24 bits per heavy atom. The zero-order chi connectivity index (χ0) is 13.3. The van der Waals surface area contributed by atoms with E-state index in [0.717, 1.165) is 0 Å². The lowest BCUT2D eigenvalue weighted by molar-refractivity contribution is -0.145. The minimum atomic E-state index is -0.502. The van der Waals surface area contributed by atoms with Crippen molar-refractivity contribution in [3.63, 3.8) is 0 Å². The van der Waals surface area contributed by atoms with Crippen molar-refractivity contribution in [2.45, 2.75) is 32.9 Å². The predicted octanol–water partition coefficient (Wildman–Crippen LogP) is -0.321. The number of esters is 1. The first kappa shape index (κ1) is 15.9. The molecule has 2 unspecified atom stereocenters. The Labute approximate surface area is 102 Å². The molecule has 0 saturated heterocycles. The summed E-state index contributed by atoms with van der Waals surface area (Å²) in [6, 6.07) is -0.954. The van der Waals surface area contributed by atoms with Crippen LogP contribution in [0, 0.1) is 0 Å². The lowest BCUT2D eigenvalue weighted by Crippen LogP contribution is -2.49. The summed E-state index contributed by atoms with van der Waals surface area (Å²) in [4.78, 5) is 22.9. The molecule has 0 fully saturated rings. The van der Waals surface area contributed by atoms with Crippen LogP contribution >= 0.6 is 0 Å². The van der Waals surface area contributed by atoms with Crippen LogP contribution in [-0.2, 0) is 19.1 Å². The molecule has 2 atom stereocenters. The van der Waals surface area contributed by atoms with Crippen molar-refractivity contribution in [1.82, 2.24) is 10.6 Å². The minimum Gasteiger partial charge on any atom is -0.465 e. The van der Waals surface area contributed by atoms with E-state index in [-0.39, 0.29) is 11.9 Å². The summed E-state index contributed by atoms with van der Waals surface area (Å²) in [6.45, 7) is 6.35. The number of carbonyl (C=O) groups excluding carboxylic acids is 2. The van der Waals surface area contributed by atoms with E-state index in [1.54, 1.807) is 27.9 Å². The summed E-state index contributed by atoms with van der Waals surface area (Å²) in [5.41, 5.74) is 0. The van der Waals surface area contributed by atoms with Crippen molar-refractivity contribution in [3.05, 3.63) is 0 Å². The van der Waals surface area contributed by atoms with Crippen LogP contribution in [0.4, 0.5) is 0 Å². The standard InChI is InChI=1S/C11H22N2O4/c1-5-17-11(15)9(3)13-8(2)10(14)12-6-7-16-4/h8-9,13H,5-7H2,1-4H3,(H,12,14). The highest BCUT2D eigenvalue weighted by molar-refractivity contribution is 5.82. The van der Waals surface area contributed by atoms with Crippen molar-refractivity contribution < 1.29 is 19.1 Å². The number of nitrogens with one attached hydrogen (secondary N) is 2. The summed E-state index contributed by atoms with van der Waals surface area (Å²) >= 11 is 0. The van der Waals surface area contributed by atoms with Gasteiger partial charge in [0.15, 0.2) is 0 Å². The Bertz CT molecular complexity index is 246. The monoisotopic (exact) mass is 246 g/mol. The highest BCUT2D eigenvalue weighted by Gasteiger charge is 2.20. The molecule has 0 aliphatic heterocycles.